The van der Waals surface area contributed by atoms with Crippen molar-refractivity contribution in [2.45, 2.75) is 24.8 Å². The van der Waals surface area contributed by atoms with Gasteiger partial charge in [0.15, 0.2) is 0 Å². The molecule has 0 radical (unpaired) electrons. The molecule has 1 atom stereocenters. The summed E-state index contributed by atoms with van der Waals surface area (Å²) in [5.74, 6) is -0.168. The van der Waals surface area contributed by atoms with E-state index in [-0.39, 0.29) is 0 Å². The number of nitrogens with one attached hydrogen (secondary N) is 1. The molecule has 4 nitrogen and oxygen atoms in total. The van der Waals surface area contributed by atoms with Crippen LogP contribution in [-0.2, 0) is 23.5 Å². The van der Waals surface area contributed by atoms with Gasteiger partial charge in [-0.15, -0.1) is 0 Å². The molecule has 27 heavy (non-hydrogen) atoms. The van der Waals surface area contributed by atoms with Gasteiger partial charge in [0.2, 0.25) is 0 Å². The van der Waals surface area contributed by atoms with Gasteiger partial charge in [0.05, 0.1) is 6.54 Å². The van der Waals surface area contributed by atoms with E-state index in [2.05, 4.69) is 4.98 Å². The average Bonchev–Trinajstić information content (AvgIpc) is 3.04. The number of rotatable bonds is 3. The van der Waals surface area contributed by atoms with E-state index in [0.29, 0.717) is 28.1 Å². The molecular formula is C20H17ClN2O2S2. The van der Waals surface area contributed by atoms with Crippen LogP contribution < -0.4 is 0 Å². The smallest absolute Gasteiger partial charge is 0.326 e. The van der Waals surface area contributed by atoms with Crippen LogP contribution in [0, 0.1) is 0 Å². The molecule has 0 spiro atoms. The molecule has 0 saturated carbocycles. The molecule has 3 aromatic rings. The first-order chi connectivity index (χ1) is 13.0. The van der Waals surface area contributed by atoms with Gasteiger partial charge in [-0.25, -0.2) is 4.79 Å². The van der Waals surface area contributed by atoms with Crippen LogP contribution >= 0.6 is 35.6 Å². The van der Waals surface area contributed by atoms with Crippen LogP contribution in [0.15, 0.2) is 48.5 Å². The number of carboxylic acid groups (broad SMARTS) is 1. The zero-order valence-electron chi connectivity index (χ0n) is 14.3. The monoisotopic (exact) mass is 416 g/mol. The number of hydrogen-bond acceptors (Lipinski definition) is 3. The largest absolute Gasteiger partial charge is 0.480 e. The molecule has 1 aliphatic heterocycles. The van der Waals surface area contributed by atoms with E-state index in [9.17, 15) is 9.90 Å². The summed E-state index contributed by atoms with van der Waals surface area (Å²) in [7, 11) is 0. The Hall–Kier alpha value is -2.02. The van der Waals surface area contributed by atoms with E-state index < -0.39 is 12.0 Å². The Bertz CT molecular complexity index is 1020. The molecule has 0 saturated heterocycles. The molecule has 0 unspecified atom stereocenters. The maximum absolute atomic E-state index is 11.9. The normalized spacial score (nSPS) is 16.3. The number of hydrogen-bond donors (Lipinski definition) is 2. The molecule has 4 rings (SSSR count). The Morgan fingerprint density at radius 3 is 2.74 bits per heavy atom. The number of H-pyrrole nitrogens is 1. The summed E-state index contributed by atoms with van der Waals surface area (Å²) in [5, 5.41) is 11.6. The van der Waals surface area contributed by atoms with Crippen molar-refractivity contribution < 1.29 is 9.90 Å². The quantitative estimate of drug-likeness (QED) is 0.597. The van der Waals surface area contributed by atoms with Gasteiger partial charge in [-0.2, -0.15) is 0 Å². The van der Waals surface area contributed by atoms with E-state index >= 15 is 0 Å². The van der Waals surface area contributed by atoms with E-state index in [1.54, 1.807) is 0 Å². The number of carbonyl (C=O) groups is 1. The van der Waals surface area contributed by atoms with Gasteiger partial charge >= 0.3 is 5.97 Å². The minimum Gasteiger partial charge on any atom is -0.480 e. The second kappa shape index (κ2) is 7.54. The summed E-state index contributed by atoms with van der Waals surface area (Å²) in [6, 6.07) is 15.0. The molecule has 7 heteroatoms. The molecule has 2 heterocycles. The number of thiocarbonyl (C=S) groups is 1. The van der Waals surface area contributed by atoms with Gasteiger partial charge in [0, 0.05) is 33.8 Å². The zero-order valence-corrected chi connectivity index (χ0v) is 16.7. The highest BCUT2D eigenvalue weighted by Gasteiger charge is 2.34. The van der Waals surface area contributed by atoms with Gasteiger partial charge in [-0.3, -0.25) is 0 Å². The first-order valence-electron chi connectivity index (χ1n) is 8.52. The van der Waals surface area contributed by atoms with Gasteiger partial charge < -0.3 is 15.0 Å². The number of halogens is 1. The Morgan fingerprint density at radius 1 is 1.26 bits per heavy atom. The van der Waals surface area contributed by atoms with Crippen molar-refractivity contribution in [1.82, 2.24) is 9.88 Å². The van der Waals surface area contributed by atoms with Crippen molar-refractivity contribution in [3.63, 3.8) is 0 Å². The van der Waals surface area contributed by atoms with E-state index in [1.165, 1.54) is 11.8 Å². The molecule has 1 aliphatic rings. The summed E-state index contributed by atoms with van der Waals surface area (Å²) < 4.78 is 0.599. The highest BCUT2D eigenvalue weighted by Crippen LogP contribution is 2.32. The molecule has 1 aromatic heterocycles. The SMILES string of the molecule is O=C(O)[C@@H]1Cc2c([nH]c3ccccc23)CN1C(=S)SCc1ccc(Cl)cc1. The number of fused-ring (bicyclic) bond motifs is 3. The second-order valence-electron chi connectivity index (χ2n) is 6.49. The molecule has 0 aliphatic carbocycles. The lowest BCUT2D eigenvalue weighted by Gasteiger charge is -2.34. The number of benzene rings is 2. The van der Waals surface area contributed by atoms with E-state index in [0.717, 1.165) is 27.7 Å². The van der Waals surface area contributed by atoms with Gasteiger partial charge in [0.25, 0.3) is 0 Å². The third-order valence-corrected chi connectivity index (χ3v) is 6.60. The fraction of sp³-hybridized carbons (Fsp3) is 0.200. The molecule has 2 N–H and O–H groups in total. The lowest BCUT2D eigenvalue weighted by Crippen LogP contribution is -2.47. The van der Waals surface area contributed by atoms with Crippen LogP contribution in [0.4, 0.5) is 0 Å². The topological polar surface area (TPSA) is 56.3 Å². The highest BCUT2D eigenvalue weighted by molar-refractivity contribution is 8.22. The van der Waals surface area contributed by atoms with Gasteiger partial charge in [-0.05, 0) is 29.3 Å². The maximum Gasteiger partial charge on any atom is 0.326 e. The van der Waals surface area contributed by atoms with Crippen molar-refractivity contribution in [3.05, 3.63) is 70.4 Å². The van der Waals surface area contributed by atoms with Crippen LogP contribution in [0.1, 0.15) is 16.8 Å². The van der Waals surface area contributed by atoms with Crippen LogP contribution in [0.2, 0.25) is 5.02 Å². The van der Waals surface area contributed by atoms with Crippen molar-refractivity contribution in [3.8, 4) is 0 Å². The van der Waals surface area contributed by atoms with Crippen molar-refractivity contribution >= 4 is 56.8 Å². The summed E-state index contributed by atoms with van der Waals surface area (Å²) in [5.41, 5.74) is 4.26. The minimum atomic E-state index is -0.847. The third-order valence-electron chi connectivity index (χ3n) is 4.80. The Morgan fingerprint density at radius 2 is 2.00 bits per heavy atom. The number of aromatic nitrogens is 1. The Labute approximate surface area is 171 Å². The van der Waals surface area contributed by atoms with Crippen molar-refractivity contribution in [2.24, 2.45) is 0 Å². The molecule has 0 fully saturated rings. The number of carboxylic acids is 1. The van der Waals surface area contributed by atoms with Gasteiger partial charge in [-0.1, -0.05) is 65.9 Å². The number of nitrogens with zero attached hydrogens (tertiary/aromatic N) is 1. The summed E-state index contributed by atoms with van der Waals surface area (Å²) >= 11 is 13.0. The van der Waals surface area contributed by atoms with Gasteiger partial charge in [0.1, 0.15) is 10.4 Å². The summed E-state index contributed by atoms with van der Waals surface area (Å²) in [6.07, 6.45) is 0.441. The Balaban J connectivity index is 1.56. The first-order valence-corrected chi connectivity index (χ1v) is 10.3. The third kappa shape index (κ3) is 3.70. The first kappa shape index (κ1) is 18.3. The van der Waals surface area contributed by atoms with E-state index in [4.69, 9.17) is 23.8 Å². The van der Waals surface area contributed by atoms with Crippen molar-refractivity contribution in [2.75, 3.05) is 0 Å². The lowest BCUT2D eigenvalue weighted by molar-refractivity contribution is -0.142. The number of para-hydroxylation sites is 1. The molecule has 2 aromatic carbocycles. The Kier molecular flexibility index (Phi) is 5.12. The van der Waals surface area contributed by atoms with E-state index in [1.807, 2.05) is 53.4 Å². The maximum atomic E-state index is 11.9. The summed E-state index contributed by atoms with van der Waals surface area (Å²) in [6.45, 7) is 0.480. The molecule has 0 amide bonds. The molecule has 0 bridgehead atoms. The lowest BCUT2D eigenvalue weighted by atomic mass is 9.97. The standard InChI is InChI=1S/C20H17ClN2O2S2/c21-13-7-5-12(6-8-13)11-27-20(26)23-10-17-15(9-18(23)19(24)25)14-3-1-2-4-16(14)22-17/h1-8,18,22H,9-11H2,(H,24,25)/t18-/m0/s1. The zero-order chi connectivity index (χ0) is 19.0. The predicted octanol–water partition coefficient (Wildman–Crippen LogP) is 4.85. The van der Waals surface area contributed by atoms with Crippen molar-refractivity contribution in [1.29, 1.82) is 0 Å². The number of aliphatic carboxylic acids is 1. The number of aromatic amines is 1. The summed E-state index contributed by atoms with van der Waals surface area (Å²) in [4.78, 5) is 17.2. The van der Waals surface area contributed by atoms with Crippen LogP contribution in [0.25, 0.3) is 10.9 Å². The molecule has 138 valence electrons. The minimum absolute atomic E-state index is 0.441. The van der Waals surface area contributed by atoms with Crippen LogP contribution in [0.5, 0.6) is 0 Å². The van der Waals surface area contributed by atoms with Crippen LogP contribution in [-0.4, -0.2) is 31.3 Å². The second-order valence-corrected chi connectivity index (χ2v) is 8.54. The fourth-order valence-electron chi connectivity index (χ4n) is 3.43. The molecular weight excluding hydrogens is 400 g/mol. The van der Waals surface area contributed by atoms with Crippen LogP contribution in [0.3, 0.4) is 0 Å². The fourth-order valence-corrected chi connectivity index (χ4v) is 4.76. The highest BCUT2D eigenvalue weighted by atomic mass is 35.5. The average molecular weight is 417 g/mol. The number of thioether (sulfide) groups is 1. The predicted molar refractivity (Wildman–Crippen MR) is 114 cm³/mol.